The largest absolute Gasteiger partial charge is 0.263 e. The second-order valence-electron chi connectivity index (χ2n) is 3.92. The van der Waals surface area contributed by atoms with Crippen molar-refractivity contribution in [2.24, 2.45) is 5.92 Å². The lowest BCUT2D eigenvalue weighted by atomic mass is 9.99. The summed E-state index contributed by atoms with van der Waals surface area (Å²) < 4.78 is 1.08. The van der Waals surface area contributed by atoms with Crippen molar-refractivity contribution in [3.05, 3.63) is 28.5 Å². The van der Waals surface area contributed by atoms with Crippen LogP contribution in [0.15, 0.2) is 22.9 Å². The molecule has 1 aliphatic carbocycles. The zero-order chi connectivity index (χ0) is 9.97. The highest BCUT2D eigenvalue weighted by Crippen LogP contribution is 2.33. The molecule has 1 aromatic heterocycles. The number of nitrogens with zero attached hydrogens (tertiary/aromatic N) is 1. The van der Waals surface area contributed by atoms with Crippen molar-refractivity contribution in [2.45, 2.75) is 30.5 Å². The lowest BCUT2D eigenvalue weighted by Gasteiger charge is -2.13. The van der Waals surface area contributed by atoms with Crippen molar-refractivity contribution < 1.29 is 0 Å². The molecule has 14 heavy (non-hydrogen) atoms. The maximum absolute atomic E-state index is 4.19. The summed E-state index contributed by atoms with van der Waals surface area (Å²) >= 11 is 7.20. The van der Waals surface area contributed by atoms with Crippen LogP contribution >= 0.6 is 31.9 Å². The molecule has 2 rings (SSSR count). The first kappa shape index (κ1) is 10.6. The van der Waals surface area contributed by atoms with Gasteiger partial charge in [-0.05, 0) is 52.7 Å². The highest BCUT2D eigenvalue weighted by molar-refractivity contribution is 9.10. The Morgan fingerprint density at radius 2 is 2.21 bits per heavy atom. The zero-order valence-electron chi connectivity index (χ0n) is 7.92. The number of rotatable bonds is 2. The van der Waals surface area contributed by atoms with Crippen LogP contribution < -0.4 is 0 Å². The van der Waals surface area contributed by atoms with Crippen molar-refractivity contribution >= 4 is 31.9 Å². The van der Waals surface area contributed by atoms with Crippen molar-refractivity contribution in [2.75, 3.05) is 0 Å². The van der Waals surface area contributed by atoms with Gasteiger partial charge in [0.15, 0.2) is 0 Å². The Kier molecular flexibility index (Phi) is 3.61. The Hall–Kier alpha value is 0.110. The minimum absolute atomic E-state index is 0.710. The fraction of sp³-hybridized carbons (Fsp3) is 0.545. The summed E-state index contributed by atoms with van der Waals surface area (Å²) in [6.07, 6.45) is 9.01. The Morgan fingerprint density at radius 3 is 2.86 bits per heavy atom. The molecule has 1 nitrogen and oxygen atoms in total. The number of aromatic nitrogens is 1. The maximum Gasteiger partial charge on any atom is 0.0410 e. The fourth-order valence-electron chi connectivity index (χ4n) is 2.09. The predicted molar refractivity (Wildman–Crippen MR) is 65.7 cm³/mol. The number of halogens is 2. The van der Waals surface area contributed by atoms with Crippen LogP contribution in [0.5, 0.6) is 0 Å². The highest BCUT2D eigenvalue weighted by atomic mass is 79.9. The number of alkyl halides is 1. The molecule has 1 aromatic rings. The molecule has 1 saturated carbocycles. The van der Waals surface area contributed by atoms with Crippen LogP contribution in [0.4, 0.5) is 0 Å². The summed E-state index contributed by atoms with van der Waals surface area (Å²) in [5.41, 5.74) is 1.34. The summed E-state index contributed by atoms with van der Waals surface area (Å²) in [6.45, 7) is 0. The van der Waals surface area contributed by atoms with Crippen molar-refractivity contribution in [3.63, 3.8) is 0 Å². The van der Waals surface area contributed by atoms with E-state index in [1.807, 2.05) is 12.4 Å². The van der Waals surface area contributed by atoms with Crippen LogP contribution in [-0.4, -0.2) is 9.81 Å². The number of hydrogen-bond donors (Lipinski definition) is 0. The van der Waals surface area contributed by atoms with Gasteiger partial charge in [-0.25, -0.2) is 0 Å². The van der Waals surface area contributed by atoms with Gasteiger partial charge in [0.05, 0.1) is 0 Å². The normalized spacial score (nSPS) is 26.7. The molecule has 0 N–H and O–H groups in total. The Labute approximate surface area is 102 Å². The Balaban J connectivity index is 2.03. The van der Waals surface area contributed by atoms with Crippen LogP contribution in [0.3, 0.4) is 0 Å². The molecule has 0 aromatic carbocycles. The standard InChI is InChI=1S/C11H13Br2N/c12-10-5-8(6-14-7-10)4-9-2-1-3-11(9)13/h5-7,9,11H,1-4H2. The van der Waals surface area contributed by atoms with Gasteiger partial charge in [-0.3, -0.25) is 4.98 Å². The summed E-state index contributed by atoms with van der Waals surface area (Å²) in [4.78, 5) is 4.90. The van der Waals surface area contributed by atoms with Crippen LogP contribution in [0, 0.1) is 5.92 Å². The minimum atomic E-state index is 0.710. The van der Waals surface area contributed by atoms with Crippen molar-refractivity contribution in [3.8, 4) is 0 Å². The van der Waals surface area contributed by atoms with E-state index in [1.165, 1.54) is 24.8 Å². The molecular weight excluding hydrogens is 306 g/mol. The van der Waals surface area contributed by atoms with Crippen LogP contribution in [-0.2, 0) is 6.42 Å². The Morgan fingerprint density at radius 1 is 1.36 bits per heavy atom. The number of pyridine rings is 1. The molecule has 0 amide bonds. The molecule has 2 unspecified atom stereocenters. The molecule has 1 heterocycles. The maximum atomic E-state index is 4.19. The molecule has 76 valence electrons. The van der Waals surface area contributed by atoms with E-state index in [0.717, 1.165) is 16.8 Å². The van der Waals surface area contributed by atoms with E-state index >= 15 is 0 Å². The molecule has 2 atom stereocenters. The van der Waals surface area contributed by atoms with E-state index < -0.39 is 0 Å². The summed E-state index contributed by atoms with van der Waals surface area (Å²) in [7, 11) is 0. The predicted octanol–water partition coefficient (Wildman–Crippen LogP) is 3.95. The third kappa shape index (κ3) is 2.57. The van der Waals surface area contributed by atoms with Gasteiger partial charge in [-0.15, -0.1) is 0 Å². The van der Waals surface area contributed by atoms with Crippen LogP contribution in [0.25, 0.3) is 0 Å². The van der Waals surface area contributed by atoms with Crippen molar-refractivity contribution in [1.82, 2.24) is 4.98 Å². The average molecular weight is 319 g/mol. The third-order valence-electron chi connectivity index (χ3n) is 2.83. The van der Waals surface area contributed by atoms with E-state index in [2.05, 4.69) is 42.9 Å². The van der Waals surface area contributed by atoms with Gasteiger partial charge in [0.2, 0.25) is 0 Å². The topological polar surface area (TPSA) is 12.9 Å². The van der Waals surface area contributed by atoms with Crippen LogP contribution in [0.2, 0.25) is 0 Å². The lowest BCUT2D eigenvalue weighted by molar-refractivity contribution is 0.561. The summed E-state index contributed by atoms with van der Waals surface area (Å²) in [5, 5.41) is 0. The highest BCUT2D eigenvalue weighted by Gasteiger charge is 2.24. The first-order valence-corrected chi connectivity index (χ1v) is 6.70. The SMILES string of the molecule is Brc1cncc(CC2CCCC2Br)c1. The monoisotopic (exact) mass is 317 g/mol. The molecule has 0 saturated heterocycles. The molecule has 0 aliphatic heterocycles. The molecule has 0 radical (unpaired) electrons. The first-order chi connectivity index (χ1) is 6.75. The van der Waals surface area contributed by atoms with Gasteiger partial charge >= 0.3 is 0 Å². The quantitative estimate of drug-likeness (QED) is 0.752. The van der Waals surface area contributed by atoms with Gasteiger partial charge in [-0.2, -0.15) is 0 Å². The molecule has 1 fully saturated rings. The van der Waals surface area contributed by atoms with E-state index in [9.17, 15) is 0 Å². The van der Waals surface area contributed by atoms with E-state index in [4.69, 9.17) is 0 Å². The minimum Gasteiger partial charge on any atom is -0.263 e. The third-order valence-corrected chi connectivity index (χ3v) is 4.46. The summed E-state index contributed by atoms with van der Waals surface area (Å²) in [6, 6.07) is 2.17. The molecule has 1 aliphatic rings. The van der Waals surface area contributed by atoms with Gasteiger partial charge in [0, 0.05) is 21.7 Å². The van der Waals surface area contributed by atoms with Gasteiger partial charge < -0.3 is 0 Å². The molecular formula is C11H13Br2N. The van der Waals surface area contributed by atoms with Gasteiger partial charge in [0.1, 0.15) is 0 Å². The van der Waals surface area contributed by atoms with Crippen LogP contribution in [0.1, 0.15) is 24.8 Å². The van der Waals surface area contributed by atoms with Crippen molar-refractivity contribution in [1.29, 1.82) is 0 Å². The molecule has 0 bridgehead atoms. The first-order valence-electron chi connectivity index (χ1n) is 4.99. The van der Waals surface area contributed by atoms with E-state index in [-0.39, 0.29) is 0 Å². The molecule has 3 heteroatoms. The zero-order valence-corrected chi connectivity index (χ0v) is 11.1. The smallest absolute Gasteiger partial charge is 0.0410 e. The fourth-order valence-corrected chi connectivity index (χ4v) is 3.28. The van der Waals surface area contributed by atoms with Gasteiger partial charge in [0.25, 0.3) is 0 Å². The Bertz CT molecular complexity index is 314. The lowest BCUT2D eigenvalue weighted by Crippen LogP contribution is -2.09. The number of hydrogen-bond acceptors (Lipinski definition) is 1. The van der Waals surface area contributed by atoms with E-state index in [1.54, 1.807) is 0 Å². The summed E-state index contributed by atoms with van der Waals surface area (Å²) in [5.74, 6) is 0.797. The average Bonchev–Trinajstić information content (AvgIpc) is 2.52. The van der Waals surface area contributed by atoms with Gasteiger partial charge in [-0.1, -0.05) is 22.4 Å². The molecule has 0 spiro atoms. The second kappa shape index (κ2) is 4.75. The second-order valence-corrected chi connectivity index (χ2v) is 6.01. The van der Waals surface area contributed by atoms with E-state index in [0.29, 0.717) is 4.83 Å².